The number of halogens is 2. The number of rotatable bonds is 9. The maximum absolute atomic E-state index is 14.1. The molecule has 1 saturated heterocycles. The summed E-state index contributed by atoms with van der Waals surface area (Å²) < 4.78 is 27.4. The number of aliphatic hydroxyl groups is 1. The molecule has 3 N–H and O–H groups in total. The Morgan fingerprint density at radius 3 is 2.66 bits per heavy atom. The number of unbranched alkanes of at least 4 members (excludes halogenated alkanes) is 1. The van der Waals surface area contributed by atoms with Crippen molar-refractivity contribution in [3.05, 3.63) is 69.8 Å². The number of hydrogen-bond donors (Lipinski definition) is 3. The summed E-state index contributed by atoms with van der Waals surface area (Å²) in [6.45, 7) is 7.14. The minimum atomic E-state index is -0.752. The first-order valence-corrected chi connectivity index (χ1v) is 12.1. The zero-order valence-corrected chi connectivity index (χ0v) is 20.8. The third-order valence-corrected chi connectivity index (χ3v) is 6.45. The molecule has 7 nitrogen and oxygen atoms in total. The van der Waals surface area contributed by atoms with Crippen LogP contribution in [0.25, 0.3) is 0 Å². The van der Waals surface area contributed by atoms with E-state index in [0.717, 1.165) is 31.5 Å². The lowest BCUT2D eigenvalue weighted by atomic mass is 9.92. The Kier molecular flexibility index (Phi) is 8.67. The molecule has 1 aromatic rings. The van der Waals surface area contributed by atoms with E-state index in [1.807, 2.05) is 6.92 Å². The molecule has 0 aromatic heterocycles. The van der Waals surface area contributed by atoms with Gasteiger partial charge >= 0.3 is 0 Å². The number of allylic oxidation sites excluding steroid dienone is 2. The number of carbonyl (C=O) groups excluding carboxylic acids is 2. The maximum atomic E-state index is 14.1. The zero-order chi connectivity index (χ0) is 25.7. The van der Waals surface area contributed by atoms with Gasteiger partial charge in [-0.2, -0.15) is 0 Å². The largest absolute Gasteiger partial charge is 0.505 e. The zero-order valence-electron chi connectivity index (χ0n) is 20.8. The fraction of sp³-hybridized carbons (Fsp3) is 0.462. The van der Waals surface area contributed by atoms with Crippen LogP contribution in [0.3, 0.4) is 0 Å². The normalized spacial score (nSPS) is 18.9. The number of nitrogens with one attached hydrogen (secondary N) is 2. The molecule has 2 heterocycles. The second kappa shape index (κ2) is 11.5. The molecule has 3 rings (SSSR count). The fourth-order valence-corrected chi connectivity index (χ4v) is 4.40. The number of benzene rings is 1. The topological polar surface area (TPSA) is 84.9 Å². The van der Waals surface area contributed by atoms with E-state index in [1.165, 1.54) is 11.0 Å². The molecule has 0 spiro atoms. The van der Waals surface area contributed by atoms with Crippen molar-refractivity contribution in [2.75, 3.05) is 26.7 Å². The molecule has 0 saturated carbocycles. The van der Waals surface area contributed by atoms with E-state index in [-0.39, 0.29) is 46.7 Å². The highest BCUT2D eigenvalue weighted by molar-refractivity contribution is 6.03. The summed E-state index contributed by atoms with van der Waals surface area (Å²) >= 11 is 0. The highest BCUT2D eigenvalue weighted by Gasteiger charge is 2.43. The fourth-order valence-electron chi connectivity index (χ4n) is 4.40. The Bertz CT molecular complexity index is 1080. The highest BCUT2D eigenvalue weighted by atomic mass is 19.1. The first kappa shape index (κ1) is 26.4. The summed E-state index contributed by atoms with van der Waals surface area (Å²) in [6.07, 6.45) is 4.22. The average Bonchev–Trinajstić information content (AvgIpc) is 3.24. The molecule has 1 fully saturated rings. The van der Waals surface area contributed by atoms with Crippen LogP contribution in [0, 0.1) is 11.6 Å². The molecule has 2 aliphatic rings. The van der Waals surface area contributed by atoms with Crippen LogP contribution < -0.4 is 10.6 Å². The molecule has 2 aliphatic heterocycles. The lowest BCUT2D eigenvalue weighted by Crippen LogP contribution is -2.42. The Morgan fingerprint density at radius 1 is 1.29 bits per heavy atom. The molecule has 0 radical (unpaired) electrons. The van der Waals surface area contributed by atoms with E-state index in [2.05, 4.69) is 17.6 Å². The molecule has 9 heteroatoms. The summed E-state index contributed by atoms with van der Waals surface area (Å²) in [6, 6.07) is 2.99. The molecular weight excluding hydrogens is 454 g/mol. The second-order valence-electron chi connectivity index (χ2n) is 8.70. The van der Waals surface area contributed by atoms with Gasteiger partial charge in [-0.3, -0.25) is 9.59 Å². The Labute approximate surface area is 205 Å². The van der Waals surface area contributed by atoms with Gasteiger partial charge in [0.05, 0.1) is 11.6 Å². The minimum absolute atomic E-state index is 0.143. The van der Waals surface area contributed by atoms with E-state index in [9.17, 15) is 23.5 Å². The third kappa shape index (κ3) is 5.40. The van der Waals surface area contributed by atoms with Gasteiger partial charge < -0.3 is 25.5 Å². The molecule has 2 amide bonds. The highest BCUT2D eigenvalue weighted by Crippen LogP contribution is 2.40. The van der Waals surface area contributed by atoms with Gasteiger partial charge in [-0.15, -0.1) is 0 Å². The lowest BCUT2D eigenvalue weighted by Gasteiger charge is -2.34. The van der Waals surface area contributed by atoms with Crippen molar-refractivity contribution < 1.29 is 23.5 Å². The quantitative estimate of drug-likeness (QED) is 0.464. The van der Waals surface area contributed by atoms with E-state index >= 15 is 0 Å². The van der Waals surface area contributed by atoms with Crippen molar-refractivity contribution in [1.82, 2.24) is 20.4 Å². The predicted octanol–water partition coefficient (Wildman–Crippen LogP) is 3.51. The molecule has 0 aliphatic carbocycles. The van der Waals surface area contributed by atoms with E-state index in [1.54, 1.807) is 24.9 Å². The van der Waals surface area contributed by atoms with Gasteiger partial charge in [0, 0.05) is 49.6 Å². The molecule has 1 unspecified atom stereocenters. The summed E-state index contributed by atoms with van der Waals surface area (Å²) in [4.78, 5) is 29.9. The summed E-state index contributed by atoms with van der Waals surface area (Å²) in [5.74, 6) is -2.54. The van der Waals surface area contributed by atoms with Crippen molar-refractivity contribution in [3.8, 4) is 0 Å². The number of amides is 2. The van der Waals surface area contributed by atoms with Crippen LogP contribution in [0.1, 0.15) is 45.6 Å². The van der Waals surface area contributed by atoms with Crippen molar-refractivity contribution >= 4 is 11.8 Å². The molecule has 35 heavy (non-hydrogen) atoms. The van der Waals surface area contributed by atoms with Crippen LogP contribution in [0.15, 0.2) is 52.6 Å². The van der Waals surface area contributed by atoms with E-state index in [0.29, 0.717) is 25.2 Å². The predicted molar refractivity (Wildman–Crippen MR) is 130 cm³/mol. The monoisotopic (exact) mass is 488 g/mol. The average molecular weight is 489 g/mol. The second-order valence-corrected chi connectivity index (χ2v) is 8.70. The van der Waals surface area contributed by atoms with Crippen LogP contribution >= 0.6 is 0 Å². The molecular formula is C26H34F2N4O3. The molecule has 1 aromatic carbocycles. The molecule has 0 bridgehead atoms. The smallest absolute Gasteiger partial charge is 0.274 e. The van der Waals surface area contributed by atoms with Gasteiger partial charge in [-0.1, -0.05) is 25.5 Å². The lowest BCUT2D eigenvalue weighted by molar-refractivity contribution is -0.127. The van der Waals surface area contributed by atoms with Crippen molar-refractivity contribution in [3.63, 3.8) is 0 Å². The van der Waals surface area contributed by atoms with E-state index < -0.39 is 17.5 Å². The number of carbonyl (C=O) groups is 2. The Balaban J connectivity index is 2.01. The summed E-state index contributed by atoms with van der Waals surface area (Å²) in [5, 5.41) is 17.3. The first-order chi connectivity index (χ1) is 16.7. The standard InChI is InChI=1S/C26H34F2N4O3/c1-5-8-12-29-20-11-13-32-22(20)21(18(6-2)24(33)23(32)26(35)31(4)7-3)25(34)30-15-16-9-10-17(27)14-19(16)28/h6,9-10,14,20,29,33H,5,7-8,11-13,15H2,1-4H3,(H,30,34)/b18-6+. The number of likely N-dealkylation sites (N-methyl/N-ethyl adjacent to an activating group) is 1. The van der Waals surface area contributed by atoms with Gasteiger partial charge in [0.25, 0.3) is 11.8 Å². The van der Waals surface area contributed by atoms with Gasteiger partial charge in [0.1, 0.15) is 17.3 Å². The number of hydrogen-bond acceptors (Lipinski definition) is 5. The van der Waals surface area contributed by atoms with Crippen LogP contribution in [-0.4, -0.2) is 59.4 Å². The third-order valence-electron chi connectivity index (χ3n) is 6.45. The Hall–Kier alpha value is -3.20. The van der Waals surface area contributed by atoms with Crippen LogP contribution in [0.2, 0.25) is 0 Å². The first-order valence-electron chi connectivity index (χ1n) is 12.1. The molecule has 190 valence electrons. The maximum Gasteiger partial charge on any atom is 0.274 e. The van der Waals surface area contributed by atoms with Crippen molar-refractivity contribution in [1.29, 1.82) is 0 Å². The van der Waals surface area contributed by atoms with E-state index in [4.69, 9.17) is 0 Å². The SMILES string of the molecule is C/C=C1/C(O)=C(C(=O)N(C)CC)N2CCC(NCCCC)C2=C1C(=O)NCc1ccc(F)cc1F. The van der Waals surface area contributed by atoms with Crippen LogP contribution in [-0.2, 0) is 16.1 Å². The van der Waals surface area contributed by atoms with Crippen molar-refractivity contribution in [2.24, 2.45) is 0 Å². The Morgan fingerprint density at radius 2 is 2.03 bits per heavy atom. The number of nitrogens with zero attached hydrogens (tertiary/aromatic N) is 2. The van der Waals surface area contributed by atoms with Crippen molar-refractivity contribution in [2.45, 2.75) is 52.6 Å². The van der Waals surface area contributed by atoms with Crippen LogP contribution in [0.5, 0.6) is 0 Å². The van der Waals surface area contributed by atoms with Crippen LogP contribution in [0.4, 0.5) is 8.78 Å². The minimum Gasteiger partial charge on any atom is -0.505 e. The molecule has 1 atom stereocenters. The van der Waals surface area contributed by atoms with Gasteiger partial charge in [0.15, 0.2) is 5.76 Å². The summed E-state index contributed by atoms with van der Waals surface area (Å²) in [5.41, 5.74) is 1.42. The van der Waals surface area contributed by atoms with Gasteiger partial charge in [-0.25, -0.2) is 8.78 Å². The number of fused-ring (bicyclic) bond motifs is 1. The van der Waals surface area contributed by atoms with Gasteiger partial charge in [0.2, 0.25) is 0 Å². The number of aliphatic hydroxyl groups excluding tert-OH is 1. The van der Waals surface area contributed by atoms with Gasteiger partial charge in [-0.05, 0) is 39.3 Å². The summed E-state index contributed by atoms with van der Waals surface area (Å²) in [7, 11) is 1.66.